The minimum atomic E-state index is -0.747. The number of benzene rings is 2. The van der Waals surface area contributed by atoms with Crippen LogP contribution in [0.3, 0.4) is 0 Å². The first-order valence-electron chi connectivity index (χ1n) is 8.01. The molecule has 0 bridgehead atoms. The lowest BCUT2D eigenvalue weighted by molar-refractivity contribution is -0.384. The van der Waals surface area contributed by atoms with E-state index in [9.17, 15) is 15.2 Å². The number of hydrogen-bond donors (Lipinski definition) is 2. The number of hydrogen-bond acceptors (Lipinski definition) is 5. The molecule has 0 radical (unpaired) electrons. The number of nitro benzene ring substituents is 1. The van der Waals surface area contributed by atoms with Crippen LogP contribution in [0.1, 0.15) is 29.0 Å². The molecule has 1 heterocycles. The Morgan fingerprint density at radius 3 is 2.38 bits per heavy atom. The van der Waals surface area contributed by atoms with Crippen LogP contribution in [0, 0.1) is 10.1 Å². The Labute approximate surface area is 160 Å². The number of nitro groups is 1. The number of aliphatic hydroxyl groups is 1. The number of nitrogens with one attached hydrogen (secondary N) is 1. The van der Waals surface area contributed by atoms with Gasteiger partial charge in [0.15, 0.2) is 0 Å². The van der Waals surface area contributed by atoms with Crippen molar-refractivity contribution < 1.29 is 10.0 Å². The number of non-ortho nitro benzene ring substituents is 1. The highest BCUT2D eigenvalue weighted by Crippen LogP contribution is 2.32. The quantitative estimate of drug-likeness (QED) is 0.408. The first kappa shape index (κ1) is 18.4. The number of anilines is 1. The lowest BCUT2D eigenvalue weighted by atomic mass is 10.0. The molecule has 0 saturated carbocycles. The molecule has 2 N–H and O–H groups in total. The highest BCUT2D eigenvalue weighted by Gasteiger charge is 2.19. The number of aliphatic hydroxyl groups excluding tert-OH is 1. The molecule has 7 heteroatoms. The van der Waals surface area contributed by atoms with E-state index in [0.717, 1.165) is 10.6 Å². The Morgan fingerprint density at radius 2 is 1.81 bits per heavy atom. The van der Waals surface area contributed by atoms with Crippen LogP contribution in [0.5, 0.6) is 0 Å². The lowest BCUT2D eigenvalue weighted by Crippen LogP contribution is -2.13. The molecule has 0 aliphatic rings. The molecular formula is C19H17ClN2O3S. The Kier molecular flexibility index (Phi) is 5.88. The summed E-state index contributed by atoms with van der Waals surface area (Å²) in [5, 5.41) is 27.5. The number of thiophene rings is 1. The van der Waals surface area contributed by atoms with E-state index in [1.54, 1.807) is 23.5 Å². The minimum Gasteiger partial charge on any atom is -0.388 e. The average molecular weight is 389 g/mol. The number of halogens is 1. The third-order valence-electron chi connectivity index (χ3n) is 4.02. The SMILES string of the molecule is O=[N+]([O-])c1ccc([C@@H](O)C[C@@H](Nc2ccc(Cl)cc2)c2cccs2)cc1. The molecule has 134 valence electrons. The Morgan fingerprint density at radius 1 is 1.12 bits per heavy atom. The van der Waals surface area contributed by atoms with E-state index < -0.39 is 11.0 Å². The van der Waals surface area contributed by atoms with E-state index in [1.807, 2.05) is 41.8 Å². The van der Waals surface area contributed by atoms with Crippen LogP contribution in [0.4, 0.5) is 11.4 Å². The summed E-state index contributed by atoms with van der Waals surface area (Å²) in [7, 11) is 0. The molecular weight excluding hydrogens is 372 g/mol. The molecule has 0 spiro atoms. The molecule has 3 rings (SSSR count). The van der Waals surface area contributed by atoms with Gasteiger partial charge in [-0.05, 0) is 53.4 Å². The Bertz CT molecular complexity index is 852. The average Bonchev–Trinajstić information content (AvgIpc) is 3.17. The van der Waals surface area contributed by atoms with Crippen LogP contribution in [-0.2, 0) is 0 Å². The van der Waals surface area contributed by atoms with Crippen molar-refractivity contribution in [1.82, 2.24) is 0 Å². The van der Waals surface area contributed by atoms with Crippen LogP contribution in [0.2, 0.25) is 5.02 Å². The minimum absolute atomic E-state index is 0.00930. The fourth-order valence-corrected chi connectivity index (χ4v) is 3.58. The molecule has 2 aromatic carbocycles. The van der Waals surface area contributed by atoms with Gasteiger partial charge in [-0.3, -0.25) is 10.1 Å². The van der Waals surface area contributed by atoms with Gasteiger partial charge in [-0.15, -0.1) is 11.3 Å². The van der Waals surface area contributed by atoms with E-state index in [-0.39, 0.29) is 11.7 Å². The van der Waals surface area contributed by atoms with Crippen molar-refractivity contribution in [1.29, 1.82) is 0 Å². The first-order chi connectivity index (χ1) is 12.5. The summed E-state index contributed by atoms with van der Waals surface area (Å²) >= 11 is 7.54. The molecule has 0 amide bonds. The van der Waals surface area contributed by atoms with Crippen molar-refractivity contribution in [3.63, 3.8) is 0 Å². The zero-order chi connectivity index (χ0) is 18.5. The zero-order valence-electron chi connectivity index (χ0n) is 13.7. The summed E-state index contributed by atoms with van der Waals surface area (Å²) in [6, 6.07) is 17.3. The van der Waals surface area contributed by atoms with Gasteiger partial charge in [0.05, 0.1) is 17.1 Å². The monoisotopic (exact) mass is 388 g/mol. The third kappa shape index (κ3) is 4.60. The summed E-state index contributed by atoms with van der Waals surface area (Å²) in [5.41, 5.74) is 1.56. The highest BCUT2D eigenvalue weighted by molar-refractivity contribution is 7.10. The largest absolute Gasteiger partial charge is 0.388 e. The highest BCUT2D eigenvalue weighted by atomic mass is 35.5. The Hall–Kier alpha value is -2.41. The summed E-state index contributed by atoms with van der Waals surface area (Å²) < 4.78 is 0. The van der Waals surface area contributed by atoms with Crippen molar-refractivity contribution in [2.24, 2.45) is 0 Å². The second kappa shape index (κ2) is 8.31. The van der Waals surface area contributed by atoms with Gasteiger partial charge in [0.25, 0.3) is 5.69 Å². The van der Waals surface area contributed by atoms with Crippen molar-refractivity contribution in [2.45, 2.75) is 18.6 Å². The van der Waals surface area contributed by atoms with E-state index in [2.05, 4.69) is 5.32 Å². The molecule has 1 aromatic heterocycles. The maximum atomic E-state index is 10.8. The van der Waals surface area contributed by atoms with Gasteiger partial charge in [-0.25, -0.2) is 0 Å². The topological polar surface area (TPSA) is 75.4 Å². The molecule has 3 aromatic rings. The van der Waals surface area contributed by atoms with Crippen LogP contribution >= 0.6 is 22.9 Å². The van der Waals surface area contributed by atoms with Crippen LogP contribution < -0.4 is 5.32 Å². The predicted octanol–water partition coefficient (Wildman–Crippen LogP) is 5.59. The third-order valence-corrected chi connectivity index (χ3v) is 5.26. The van der Waals surface area contributed by atoms with Crippen molar-refractivity contribution in [3.8, 4) is 0 Å². The maximum Gasteiger partial charge on any atom is 0.269 e. The molecule has 26 heavy (non-hydrogen) atoms. The van der Waals surface area contributed by atoms with E-state index >= 15 is 0 Å². The van der Waals surface area contributed by atoms with Gasteiger partial charge >= 0.3 is 0 Å². The van der Waals surface area contributed by atoms with Crippen LogP contribution in [0.25, 0.3) is 0 Å². The molecule has 0 aliphatic heterocycles. The van der Waals surface area contributed by atoms with E-state index in [4.69, 9.17) is 11.6 Å². The predicted molar refractivity (Wildman–Crippen MR) is 105 cm³/mol. The molecule has 2 atom stereocenters. The molecule has 5 nitrogen and oxygen atoms in total. The van der Waals surface area contributed by atoms with Crippen LogP contribution in [-0.4, -0.2) is 10.0 Å². The normalized spacial score (nSPS) is 13.2. The maximum absolute atomic E-state index is 10.8. The van der Waals surface area contributed by atoms with Gasteiger partial charge in [0.1, 0.15) is 0 Å². The smallest absolute Gasteiger partial charge is 0.269 e. The number of nitrogens with zero attached hydrogens (tertiary/aromatic N) is 1. The molecule has 0 aliphatic carbocycles. The zero-order valence-corrected chi connectivity index (χ0v) is 15.3. The van der Waals surface area contributed by atoms with E-state index in [1.165, 1.54) is 12.1 Å². The molecule has 0 saturated heterocycles. The van der Waals surface area contributed by atoms with Gasteiger partial charge in [0, 0.05) is 34.1 Å². The number of rotatable bonds is 7. The van der Waals surface area contributed by atoms with Crippen molar-refractivity contribution >= 4 is 34.3 Å². The first-order valence-corrected chi connectivity index (χ1v) is 9.26. The second-order valence-corrected chi connectivity index (χ2v) is 7.24. The fourth-order valence-electron chi connectivity index (χ4n) is 2.66. The summed E-state index contributed by atoms with van der Waals surface area (Å²) in [5.74, 6) is 0. The summed E-state index contributed by atoms with van der Waals surface area (Å²) in [4.78, 5) is 11.4. The molecule has 0 fully saturated rings. The van der Waals surface area contributed by atoms with Crippen LogP contribution in [0.15, 0.2) is 66.0 Å². The van der Waals surface area contributed by atoms with Crippen molar-refractivity contribution in [2.75, 3.05) is 5.32 Å². The standard InChI is InChI=1S/C19H17ClN2O3S/c20-14-5-7-15(8-6-14)21-17(19-2-1-11-26-19)12-18(23)13-3-9-16(10-4-13)22(24)25/h1-11,17-18,21,23H,12H2/t17-,18+/m1/s1. The Balaban J connectivity index is 1.76. The second-order valence-electron chi connectivity index (χ2n) is 5.82. The summed E-state index contributed by atoms with van der Waals surface area (Å²) in [6.45, 7) is 0. The van der Waals surface area contributed by atoms with Gasteiger partial charge in [0.2, 0.25) is 0 Å². The van der Waals surface area contributed by atoms with Gasteiger partial charge in [-0.1, -0.05) is 17.7 Å². The lowest BCUT2D eigenvalue weighted by Gasteiger charge is -2.22. The van der Waals surface area contributed by atoms with Crippen molar-refractivity contribution in [3.05, 3.63) is 91.6 Å². The van der Waals surface area contributed by atoms with Gasteiger partial charge in [-0.2, -0.15) is 0 Å². The fraction of sp³-hybridized carbons (Fsp3) is 0.158. The van der Waals surface area contributed by atoms with E-state index in [0.29, 0.717) is 17.0 Å². The molecule has 0 unspecified atom stereocenters. The summed E-state index contributed by atoms with van der Waals surface area (Å²) in [6.07, 6.45) is -0.316. The van der Waals surface area contributed by atoms with Gasteiger partial charge < -0.3 is 10.4 Å².